The third-order valence-electron chi connectivity index (χ3n) is 3.33. The summed E-state index contributed by atoms with van der Waals surface area (Å²) in [7, 11) is 2.00. The van der Waals surface area contributed by atoms with E-state index in [-0.39, 0.29) is 11.9 Å². The van der Waals surface area contributed by atoms with E-state index in [0.29, 0.717) is 0 Å². The van der Waals surface area contributed by atoms with Crippen molar-refractivity contribution in [2.24, 2.45) is 5.10 Å². The Labute approximate surface area is 112 Å². The van der Waals surface area contributed by atoms with Gasteiger partial charge in [0.05, 0.1) is 12.3 Å². The first-order valence-corrected chi connectivity index (χ1v) is 7.13. The van der Waals surface area contributed by atoms with Crippen molar-refractivity contribution in [2.75, 3.05) is 13.6 Å². The first-order chi connectivity index (χ1) is 8.68. The molecule has 1 aromatic rings. The SMILES string of the molecule is Cc1ccsc1C=NNC(=O)[C@@H]1CCCCN1C. The summed E-state index contributed by atoms with van der Waals surface area (Å²) in [6.07, 6.45) is 4.95. The topological polar surface area (TPSA) is 44.7 Å². The molecular formula is C13H19N3OS. The number of hydrogen-bond donors (Lipinski definition) is 1. The second-order valence-corrected chi connectivity index (χ2v) is 5.64. The number of piperidine rings is 1. The van der Waals surface area contributed by atoms with Crippen molar-refractivity contribution >= 4 is 23.5 Å². The highest BCUT2D eigenvalue weighted by Gasteiger charge is 2.25. The van der Waals surface area contributed by atoms with Gasteiger partial charge >= 0.3 is 0 Å². The predicted molar refractivity (Wildman–Crippen MR) is 75.1 cm³/mol. The van der Waals surface area contributed by atoms with Gasteiger partial charge in [-0.05, 0) is 50.4 Å². The molecule has 0 spiro atoms. The van der Waals surface area contributed by atoms with Gasteiger partial charge in [-0.2, -0.15) is 5.10 Å². The van der Waals surface area contributed by atoms with E-state index in [9.17, 15) is 4.79 Å². The molecule has 1 atom stereocenters. The van der Waals surface area contributed by atoms with E-state index in [2.05, 4.69) is 15.4 Å². The molecule has 0 unspecified atom stereocenters. The van der Waals surface area contributed by atoms with Gasteiger partial charge in [0, 0.05) is 4.88 Å². The predicted octanol–water partition coefficient (Wildman–Crippen LogP) is 1.99. The monoisotopic (exact) mass is 265 g/mol. The van der Waals surface area contributed by atoms with E-state index in [1.54, 1.807) is 17.6 Å². The zero-order valence-electron chi connectivity index (χ0n) is 10.8. The van der Waals surface area contributed by atoms with Crippen LogP contribution in [0.1, 0.15) is 29.7 Å². The molecule has 0 saturated carbocycles. The maximum absolute atomic E-state index is 12.0. The number of aryl methyl sites for hydroxylation is 1. The Balaban J connectivity index is 1.88. The molecule has 5 heteroatoms. The average Bonchev–Trinajstić information content (AvgIpc) is 2.75. The van der Waals surface area contributed by atoms with Crippen LogP contribution in [-0.2, 0) is 4.79 Å². The fourth-order valence-corrected chi connectivity index (χ4v) is 2.94. The lowest BCUT2D eigenvalue weighted by atomic mass is 10.0. The van der Waals surface area contributed by atoms with Crippen molar-refractivity contribution < 1.29 is 4.79 Å². The van der Waals surface area contributed by atoms with E-state index < -0.39 is 0 Å². The molecule has 1 aliphatic heterocycles. The minimum absolute atomic E-state index is 0.00246. The number of nitrogens with one attached hydrogen (secondary N) is 1. The Bertz CT molecular complexity index is 441. The number of nitrogens with zero attached hydrogens (tertiary/aromatic N) is 2. The number of likely N-dealkylation sites (N-methyl/N-ethyl adjacent to an activating group) is 1. The number of hydrogen-bond acceptors (Lipinski definition) is 4. The molecule has 1 aliphatic rings. The van der Waals surface area contributed by atoms with Crippen molar-refractivity contribution in [3.8, 4) is 0 Å². The quantitative estimate of drug-likeness (QED) is 0.671. The van der Waals surface area contributed by atoms with Crippen molar-refractivity contribution in [1.29, 1.82) is 0 Å². The van der Waals surface area contributed by atoms with E-state index in [4.69, 9.17) is 0 Å². The van der Waals surface area contributed by atoms with Crippen molar-refractivity contribution in [1.82, 2.24) is 10.3 Å². The zero-order valence-corrected chi connectivity index (χ0v) is 11.7. The minimum atomic E-state index is -0.0275. The Hall–Kier alpha value is -1.20. The van der Waals surface area contributed by atoms with Crippen LogP contribution in [0.25, 0.3) is 0 Å². The zero-order chi connectivity index (χ0) is 13.0. The molecule has 1 fully saturated rings. The van der Waals surface area contributed by atoms with E-state index in [0.717, 1.165) is 24.3 Å². The summed E-state index contributed by atoms with van der Waals surface area (Å²) in [5.74, 6) is 0.00246. The van der Waals surface area contributed by atoms with E-state index >= 15 is 0 Å². The summed E-state index contributed by atoms with van der Waals surface area (Å²) in [6.45, 7) is 3.03. The molecule has 1 saturated heterocycles. The average molecular weight is 265 g/mol. The van der Waals surface area contributed by atoms with E-state index in [1.807, 2.05) is 25.4 Å². The Morgan fingerprint density at radius 2 is 2.44 bits per heavy atom. The van der Waals surface area contributed by atoms with E-state index in [1.165, 1.54) is 12.0 Å². The van der Waals surface area contributed by atoms with Gasteiger partial charge in [-0.25, -0.2) is 5.43 Å². The molecule has 18 heavy (non-hydrogen) atoms. The Morgan fingerprint density at radius 1 is 1.61 bits per heavy atom. The van der Waals surface area contributed by atoms with Crippen molar-refractivity contribution in [2.45, 2.75) is 32.2 Å². The van der Waals surface area contributed by atoms with Gasteiger partial charge < -0.3 is 0 Å². The lowest BCUT2D eigenvalue weighted by molar-refractivity contribution is -0.126. The molecule has 98 valence electrons. The van der Waals surface area contributed by atoms with Crippen LogP contribution < -0.4 is 5.43 Å². The largest absolute Gasteiger partial charge is 0.295 e. The summed E-state index contributed by atoms with van der Waals surface area (Å²) >= 11 is 1.63. The molecule has 2 heterocycles. The molecule has 0 aromatic carbocycles. The van der Waals surface area contributed by atoms with Crippen LogP contribution in [0.15, 0.2) is 16.5 Å². The number of rotatable bonds is 3. The van der Waals surface area contributed by atoms with Gasteiger partial charge in [-0.15, -0.1) is 11.3 Å². The molecule has 0 bridgehead atoms. The number of carbonyl (C=O) groups excluding carboxylic acids is 1. The summed E-state index contributed by atoms with van der Waals surface area (Å²) in [6, 6.07) is 2.02. The standard InChI is InChI=1S/C13H19N3OS/c1-10-6-8-18-12(10)9-14-15-13(17)11-5-3-4-7-16(11)2/h6,8-9,11H,3-5,7H2,1-2H3,(H,15,17)/t11-/m0/s1. The fraction of sp³-hybridized carbons (Fsp3) is 0.538. The van der Waals surface area contributed by atoms with Crippen LogP contribution >= 0.6 is 11.3 Å². The van der Waals surface area contributed by atoms with Crippen LogP contribution in [-0.4, -0.2) is 36.7 Å². The number of hydrazone groups is 1. The maximum Gasteiger partial charge on any atom is 0.257 e. The highest BCUT2D eigenvalue weighted by Crippen LogP contribution is 2.15. The van der Waals surface area contributed by atoms with Gasteiger partial charge in [0.15, 0.2) is 0 Å². The normalized spacial score (nSPS) is 21.3. The molecule has 4 nitrogen and oxygen atoms in total. The molecule has 1 aromatic heterocycles. The molecule has 2 rings (SSSR count). The van der Waals surface area contributed by atoms with Gasteiger partial charge in [-0.1, -0.05) is 6.42 Å². The van der Waals surface area contributed by atoms with Gasteiger partial charge in [0.1, 0.15) is 0 Å². The lowest BCUT2D eigenvalue weighted by Crippen LogP contribution is -2.46. The van der Waals surface area contributed by atoms with Crippen LogP contribution in [0.4, 0.5) is 0 Å². The van der Waals surface area contributed by atoms with Crippen LogP contribution in [0.2, 0.25) is 0 Å². The molecule has 1 N–H and O–H groups in total. The van der Waals surface area contributed by atoms with Gasteiger partial charge in [0.25, 0.3) is 5.91 Å². The summed E-state index contributed by atoms with van der Waals surface area (Å²) < 4.78 is 0. The highest BCUT2D eigenvalue weighted by atomic mass is 32.1. The number of carbonyl (C=O) groups is 1. The maximum atomic E-state index is 12.0. The Morgan fingerprint density at radius 3 is 3.11 bits per heavy atom. The summed E-state index contributed by atoms with van der Waals surface area (Å²) in [5.41, 5.74) is 3.83. The first-order valence-electron chi connectivity index (χ1n) is 6.26. The van der Waals surface area contributed by atoms with Crippen molar-refractivity contribution in [3.63, 3.8) is 0 Å². The number of amides is 1. The lowest BCUT2D eigenvalue weighted by Gasteiger charge is -2.30. The molecule has 1 amide bonds. The fourth-order valence-electron chi connectivity index (χ4n) is 2.15. The van der Waals surface area contributed by atoms with Gasteiger partial charge in [0.2, 0.25) is 0 Å². The molecule has 0 radical (unpaired) electrons. The minimum Gasteiger partial charge on any atom is -0.295 e. The summed E-state index contributed by atoms with van der Waals surface area (Å²) in [5, 5.41) is 6.06. The Kier molecular flexibility index (Phi) is 4.49. The van der Waals surface area contributed by atoms with Gasteiger partial charge in [-0.3, -0.25) is 9.69 Å². The van der Waals surface area contributed by atoms with Crippen LogP contribution in [0.3, 0.4) is 0 Å². The third kappa shape index (κ3) is 3.17. The van der Waals surface area contributed by atoms with Crippen LogP contribution in [0.5, 0.6) is 0 Å². The summed E-state index contributed by atoms with van der Waals surface area (Å²) in [4.78, 5) is 15.2. The van der Waals surface area contributed by atoms with Crippen LogP contribution in [0, 0.1) is 6.92 Å². The number of thiophene rings is 1. The molecular weight excluding hydrogens is 246 g/mol. The molecule has 0 aliphatic carbocycles. The first kappa shape index (κ1) is 13.2. The van der Waals surface area contributed by atoms with Crippen molar-refractivity contribution in [3.05, 3.63) is 21.9 Å². The number of likely N-dealkylation sites (tertiary alicyclic amines) is 1. The third-order valence-corrected chi connectivity index (χ3v) is 4.28. The highest BCUT2D eigenvalue weighted by molar-refractivity contribution is 7.11. The second kappa shape index (κ2) is 6.11. The smallest absolute Gasteiger partial charge is 0.257 e. The second-order valence-electron chi connectivity index (χ2n) is 4.69.